The number of nitrogens with one attached hydrogen (secondary N) is 1. The van der Waals surface area contributed by atoms with Crippen LogP contribution in [0, 0.1) is 0 Å². The summed E-state index contributed by atoms with van der Waals surface area (Å²) in [4.78, 5) is 16.7. The number of Topliss-reactive ketones (excluding diaryl/α,β-unsaturated/α-hetero) is 1. The number of H-pyrrole nitrogens is 1. The molecule has 1 aromatic heterocycles. The highest BCUT2D eigenvalue weighted by Crippen LogP contribution is 2.34. The van der Waals surface area contributed by atoms with Gasteiger partial charge >= 0.3 is 0 Å². The smallest absolute Gasteiger partial charge is 0.175 e. The Balaban J connectivity index is 1.48. The van der Waals surface area contributed by atoms with Gasteiger partial charge in [0.1, 0.15) is 0 Å². The van der Waals surface area contributed by atoms with Crippen LogP contribution >= 0.6 is 11.8 Å². The van der Waals surface area contributed by atoms with E-state index >= 15 is 0 Å². The average molecular weight is 339 g/mol. The summed E-state index contributed by atoms with van der Waals surface area (Å²) >= 11 is 1.52. The quantitative estimate of drug-likeness (QED) is 0.569. The monoisotopic (exact) mass is 339 g/mol. The lowest BCUT2D eigenvalue weighted by molar-refractivity contribution is 0.102. The first-order valence-corrected chi connectivity index (χ1v) is 8.91. The molecule has 0 spiro atoms. The normalized spacial score (nSPS) is 13.7. The van der Waals surface area contributed by atoms with Crippen LogP contribution in [0.25, 0.3) is 10.9 Å². The second kappa shape index (κ2) is 6.61. The van der Waals surface area contributed by atoms with Crippen LogP contribution in [0.4, 0.5) is 0 Å². The van der Waals surface area contributed by atoms with E-state index in [4.69, 9.17) is 9.47 Å². The van der Waals surface area contributed by atoms with Gasteiger partial charge < -0.3 is 14.5 Å². The van der Waals surface area contributed by atoms with E-state index in [1.165, 1.54) is 11.8 Å². The largest absolute Gasteiger partial charge is 0.490 e. The van der Waals surface area contributed by atoms with E-state index in [0.29, 0.717) is 19.0 Å². The lowest BCUT2D eigenvalue weighted by Gasteiger charge is -2.08. The molecule has 1 aliphatic heterocycles. The number of aromatic amines is 1. The molecule has 4 nitrogen and oxygen atoms in total. The molecule has 1 N–H and O–H groups in total. The molecule has 0 fully saturated rings. The SMILES string of the molecule is O=C(CSc1ccc2c(c1)OCCCO2)c1c[nH]c2ccccc12. The number of rotatable bonds is 4. The van der Waals surface area contributed by atoms with Gasteiger partial charge in [-0.05, 0) is 24.3 Å². The predicted molar refractivity (Wildman–Crippen MR) is 95.4 cm³/mol. The molecule has 4 rings (SSSR count). The molecule has 0 unspecified atom stereocenters. The van der Waals surface area contributed by atoms with Gasteiger partial charge in [-0.25, -0.2) is 0 Å². The molecule has 1 aliphatic rings. The Morgan fingerprint density at radius 2 is 1.92 bits per heavy atom. The van der Waals surface area contributed by atoms with Gasteiger partial charge in [0.05, 0.1) is 19.0 Å². The third kappa shape index (κ3) is 2.99. The molecule has 3 aromatic rings. The van der Waals surface area contributed by atoms with Crippen LogP contribution in [0.5, 0.6) is 11.5 Å². The Labute approximate surface area is 144 Å². The van der Waals surface area contributed by atoms with Gasteiger partial charge in [-0.15, -0.1) is 11.8 Å². The molecule has 0 bridgehead atoms. The molecular weight excluding hydrogens is 322 g/mol. The number of hydrogen-bond donors (Lipinski definition) is 1. The first kappa shape index (κ1) is 15.1. The summed E-state index contributed by atoms with van der Waals surface area (Å²) < 4.78 is 11.3. The Morgan fingerprint density at radius 1 is 1.08 bits per heavy atom. The Bertz CT molecular complexity index is 887. The van der Waals surface area contributed by atoms with Crippen molar-refractivity contribution < 1.29 is 14.3 Å². The number of ketones is 1. The van der Waals surface area contributed by atoms with Gasteiger partial charge in [-0.3, -0.25) is 4.79 Å². The molecule has 2 heterocycles. The lowest BCUT2D eigenvalue weighted by Crippen LogP contribution is -2.01. The Kier molecular flexibility index (Phi) is 4.17. The van der Waals surface area contributed by atoms with Crippen LogP contribution in [0.3, 0.4) is 0 Å². The van der Waals surface area contributed by atoms with Crippen molar-refractivity contribution in [2.45, 2.75) is 11.3 Å². The van der Waals surface area contributed by atoms with E-state index in [1.807, 2.05) is 42.5 Å². The lowest BCUT2D eigenvalue weighted by atomic mass is 10.1. The Hall–Kier alpha value is -2.40. The highest BCUT2D eigenvalue weighted by atomic mass is 32.2. The van der Waals surface area contributed by atoms with E-state index in [-0.39, 0.29) is 5.78 Å². The van der Waals surface area contributed by atoms with Crippen molar-refractivity contribution in [1.29, 1.82) is 0 Å². The van der Waals surface area contributed by atoms with Gasteiger partial charge in [0.15, 0.2) is 17.3 Å². The van der Waals surface area contributed by atoms with Gasteiger partial charge in [-0.2, -0.15) is 0 Å². The number of fused-ring (bicyclic) bond motifs is 2. The third-order valence-corrected chi connectivity index (χ3v) is 4.97. The van der Waals surface area contributed by atoms with Crippen LogP contribution in [0.2, 0.25) is 0 Å². The fourth-order valence-corrected chi connectivity index (χ4v) is 3.57. The van der Waals surface area contributed by atoms with Crippen molar-refractivity contribution in [1.82, 2.24) is 4.98 Å². The summed E-state index contributed by atoms with van der Waals surface area (Å²) in [6.45, 7) is 1.34. The number of carbonyl (C=O) groups excluding carboxylic acids is 1. The summed E-state index contributed by atoms with van der Waals surface area (Å²) in [5.41, 5.74) is 1.73. The van der Waals surface area contributed by atoms with E-state index in [2.05, 4.69) is 4.98 Å². The van der Waals surface area contributed by atoms with Crippen LogP contribution in [0.1, 0.15) is 16.8 Å². The minimum atomic E-state index is 0.115. The molecule has 0 radical (unpaired) electrons. The summed E-state index contributed by atoms with van der Waals surface area (Å²) in [5.74, 6) is 2.04. The molecule has 24 heavy (non-hydrogen) atoms. The maximum Gasteiger partial charge on any atom is 0.175 e. The zero-order valence-corrected chi connectivity index (χ0v) is 13.9. The Morgan fingerprint density at radius 3 is 2.83 bits per heavy atom. The predicted octanol–water partition coefficient (Wildman–Crippen LogP) is 4.30. The maximum atomic E-state index is 12.5. The second-order valence-corrected chi connectivity index (χ2v) is 6.67. The number of aromatic nitrogens is 1. The van der Waals surface area contributed by atoms with Crippen molar-refractivity contribution in [2.75, 3.05) is 19.0 Å². The second-order valence-electron chi connectivity index (χ2n) is 5.62. The third-order valence-electron chi connectivity index (χ3n) is 3.98. The van der Waals surface area contributed by atoms with E-state index < -0.39 is 0 Å². The van der Waals surface area contributed by atoms with Crippen molar-refractivity contribution in [2.24, 2.45) is 0 Å². The standard InChI is InChI=1S/C19H17NO3S/c21-17(15-11-20-16-5-2-1-4-14(15)16)12-24-13-6-7-18-19(10-13)23-9-3-8-22-18/h1-2,4-7,10-11,20H,3,8-9,12H2. The number of carbonyl (C=O) groups is 1. The van der Waals surface area contributed by atoms with Crippen LogP contribution in [0.15, 0.2) is 53.6 Å². The molecule has 0 amide bonds. The maximum absolute atomic E-state index is 12.5. The molecular formula is C19H17NO3S. The number of ether oxygens (including phenoxy) is 2. The van der Waals surface area contributed by atoms with Crippen LogP contribution in [-0.4, -0.2) is 29.7 Å². The summed E-state index contributed by atoms with van der Waals surface area (Å²) in [7, 11) is 0. The van der Waals surface area contributed by atoms with E-state index in [1.54, 1.807) is 6.20 Å². The summed E-state index contributed by atoms with van der Waals surface area (Å²) in [6.07, 6.45) is 2.68. The highest BCUT2D eigenvalue weighted by Gasteiger charge is 2.14. The van der Waals surface area contributed by atoms with E-state index in [0.717, 1.165) is 39.3 Å². The molecule has 122 valence electrons. The first-order chi connectivity index (χ1) is 11.8. The highest BCUT2D eigenvalue weighted by molar-refractivity contribution is 8.00. The van der Waals surface area contributed by atoms with Crippen LogP contribution < -0.4 is 9.47 Å². The number of benzene rings is 2. The van der Waals surface area contributed by atoms with Crippen molar-refractivity contribution in [3.63, 3.8) is 0 Å². The number of thioether (sulfide) groups is 1. The number of para-hydroxylation sites is 1. The van der Waals surface area contributed by atoms with Crippen molar-refractivity contribution in [3.8, 4) is 11.5 Å². The first-order valence-electron chi connectivity index (χ1n) is 7.93. The van der Waals surface area contributed by atoms with Gasteiger partial charge in [0.25, 0.3) is 0 Å². The number of hydrogen-bond acceptors (Lipinski definition) is 4. The molecule has 0 saturated carbocycles. The molecule has 5 heteroatoms. The van der Waals surface area contributed by atoms with Crippen molar-refractivity contribution >= 4 is 28.4 Å². The summed E-state index contributed by atoms with van der Waals surface area (Å²) in [6, 6.07) is 13.7. The molecule has 0 atom stereocenters. The molecule has 0 aliphatic carbocycles. The van der Waals surface area contributed by atoms with E-state index in [9.17, 15) is 4.79 Å². The van der Waals surface area contributed by atoms with Gasteiger partial charge in [-0.1, -0.05) is 18.2 Å². The van der Waals surface area contributed by atoms with Gasteiger partial charge in [0.2, 0.25) is 0 Å². The zero-order valence-electron chi connectivity index (χ0n) is 13.1. The van der Waals surface area contributed by atoms with Crippen molar-refractivity contribution in [3.05, 3.63) is 54.2 Å². The van der Waals surface area contributed by atoms with Crippen LogP contribution in [-0.2, 0) is 0 Å². The molecule has 2 aromatic carbocycles. The topological polar surface area (TPSA) is 51.3 Å². The molecule has 0 saturated heterocycles. The summed E-state index contributed by atoms with van der Waals surface area (Å²) in [5, 5.41) is 0.974. The zero-order chi connectivity index (χ0) is 16.4. The fourth-order valence-electron chi connectivity index (χ4n) is 2.76. The average Bonchev–Trinajstić information content (AvgIpc) is 2.91. The van der Waals surface area contributed by atoms with Gasteiger partial charge in [0, 0.05) is 34.0 Å². The fraction of sp³-hybridized carbons (Fsp3) is 0.211. The minimum Gasteiger partial charge on any atom is -0.490 e. The minimum absolute atomic E-state index is 0.115.